The van der Waals surface area contributed by atoms with Crippen LogP contribution in [0.1, 0.15) is 13.3 Å². The number of fused-ring (bicyclic) bond motifs is 1. The number of rotatable bonds is 5. The van der Waals surface area contributed by atoms with Crippen molar-refractivity contribution in [3.8, 4) is 5.75 Å². The van der Waals surface area contributed by atoms with Gasteiger partial charge in [-0.15, -0.1) is 0 Å². The summed E-state index contributed by atoms with van der Waals surface area (Å²) in [5.74, 6) is -0.0208. The third kappa shape index (κ3) is 4.46. The molecule has 144 valence electrons. The molecule has 2 unspecified atom stereocenters. The predicted octanol–water partition coefficient (Wildman–Crippen LogP) is 1.91. The predicted molar refractivity (Wildman–Crippen MR) is 102 cm³/mol. The second-order valence-electron chi connectivity index (χ2n) is 6.30. The third-order valence-electron chi connectivity index (χ3n) is 4.58. The van der Waals surface area contributed by atoms with Gasteiger partial charge in [0.1, 0.15) is 5.75 Å². The minimum Gasteiger partial charge on any atom is -0.497 e. The fraction of sp³-hybridized carbons (Fsp3) is 0.421. The van der Waals surface area contributed by atoms with Crippen LogP contribution in [0.3, 0.4) is 0 Å². The lowest BCUT2D eigenvalue weighted by atomic mass is 9.93. The van der Waals surface area contributed by atoms with E-state index in [4.69, 9.17) is 9.47 Å². The van der Waals surface area contributed by atoms with Crippen LogP contribution < -0.4 is 20.7 Å². The highest BCUT2D eigenvalue weighted by Crippen LogP contribution is 2.26. The maximum atomic E-state index is 12.6. The van der Waals surface area contributed by atoms with Crippen LogP contribution in [-0.2, 0) is 9.53 Å². The molecule has 0 aliphatic carbocycles. The Morgan fingerprint density at radius 1 is 1.33 bits per heavy atom. The van der Waals surface area contributed by atoms with E-state index in [2.05, 4.69) is 20.9 Å². The summed E-state index contributed by atoms with van der Waals surface area (Å²) in [6.07, 6.45) is 2.29. The fourth-order valence-corrected chi connectivity index (χ4v) is 3.22. The van der Waals surface area contributed by atoms with E-state index in [0.29, 0.717) is 31.0 Å². The van der Waals surface area contributed by atoms with E-state index >= 15 is 0 Å². The lowest BCUT2D eigenvalue weighted by Gasteiger charge is -2.31. The number of nitrogens with zero attached hydrogens (tertiary/aromatic N) is 1. The standard InChI is InChI=1S/C19H24N4O4/c1-3-27-18(24)14-11-20-8-6-17(14)23-19(25)22-16-7-9-21-15-5-4-12(26-2)10-13(15)16/h4-5,7,9-10,14,17,20H,3,6,8,11H2,1-2H3,(H2,21,22,23,25). The number of anilines is 1. The van der Waals surface area contributed by atoms with Gasteiger partial charge in [-0.1, -0.05) is 0 Å². The summed E-state index contributed by atoms with van der Waals surface area (Å²) in [5.41, 5.74) is 1.37. The van der Waals surface area contributed by atoms with Gasteiger partial charge in [-0.2, -0.15) is 0 Å². The van der Waals surface area contributed by atoms with Gasteiger partial charge < -0.3 is 25.4 Å². The SMILES string of the molecule is CCOC(=O)C1CNCCC1NC(=O)Nc1ccnc2ccc(OC)cc12. The largest absolute Gasteiger partial charge is 0.497 e. The first-order valence-electron chi connectivity index (χ1n) is 9.00. The van der Waals surface area contributed by atoms with Crippen molar-refractivity contribution in [1.29, 1.82) is 0 Å². The van der Waals surface area contributed by atoms with Crippen molar-refractivity contribution in [3.05, 3.63) is 30.5 Å². The van der Waals surface area contributed by atoms with Crippen LogP contribution in [0.4, 0.5) is 10.5 Å². The first-order chi connectivity index (χ1) is 13.1. The van der Waals surface area contributed by atoms with Crippen molar-refractivity contribution in [2.45, 2.75) is 19.4 Å². The molecule has 0 radical (unpaired) electrons. The van der Waals surface area contributed by atoms with Gasteiger partial charge in [0.25, 0.3) is 0 Å². The number of piperidine rings is 1. The zero-order valence-corrected chi connectivity index (χ0v) is 15.5. The number of carbonyl (C=O) groups is 2. The van der Waals surface area contributed by atoms with Gasteiger partial charge in [0, 0.05) is 24.2 Å². The van der Waals surface area contributed by atoms with Crippen LogP contribution in [0, 0.1) is 5.92 Å². The van der Waals surface area contributed by atoms with Crippen LogP contribution in [0.25, 0.3) is 10.9 Å². The number of pyridine rings is 1. The monoisotopic (exact) mass is 372 g/mol. The number of amides is 2. The molecule has 0 spiro atoms. The van der Waals surface area contributed by atoms with E-state index in [1.165, 1.54) is 0 Å². The third-order valence-corrected chi connectivity index (χ3v) is 4.58. The lowest BCUT2D eigenvalue weighted by molar-refractivity contribution is -0.149. The molecular weight excluding hydrogens is 348 g/mol. The maximum absolute atomic E-state index is 12.6. The van der Waals surface area contributed by atoms with Gasteiger partial charge in [-0.3, -0.25) is 9.78 Å². The highest BCUT2D eigenvalue weighted by molar-refractivity contribution is 6.00. The minimum atomic E-state index is -0.404. The Kier molecular flexibility index (Phi) is 6.08. The number of hydrogen-bond donors (Lipinski definition) is 3. The van der Waals surface area contributed by atoms with E-state index in [0.717, 1.165) is 17.4 Å². The number of urea groups is 1. The molecule has 27 heavy (non-hydrogen) atoms. The first kappa shape index (κ1) is 18.9. The lowest BCUT2D eigenvalue weighted by Crippen LogP contribution is -2.53. The molecule has 8 heteroatoms. The Balaban J connectivity index is 1.73. The summed E-state index contributed by atoms with van der Waals surface area (Å²) in [6, 6.07) is 6.55. The summed E-state index contributed by atoms with van der Waals surface area (Å²) in [6.45, 7) is 3.31. The Morgan fingerprint density at radius 2 is 2.19 bits per heavy atom. The van der Waals surface area contributed by atoms with Gasteiger partial charge in [0.15, 0.2) is 0 Å². The second kappa shape index (κ2) is 8.68. The normalized spacial score (nSPS) is 19.3. The number of methoxy groups -OCH3 is 1. The average Bonchev–Trinajstić information content (AvgIpc) is 2.68. The molecule has 1 aliphatic heterocycles. The number of ether oxygens (including phenoxy) is 2. The Morgan fingerprint density at radius 3 is 2.96 bits per heavy atom. The van der Waals surface area contributed by atoms with Crippen molar-refractivity contribution >= 4 is 28.6 Å². The summed E-state index contributed by atoms with van der Waals surface area (Å²) in [4.78, 5) is 29.0. The highest BCUT2D eigenvalue weighted by atomic mass is 16.5. The quantitative estimate of drug-likeness (QED) is 0.693. The molecule has 2 heterocycles. The number of aromatic nitrogens is 1. The molecule has 0 bridgehead atoms. The van der Waals surface area contributed by atoms with Crippen molar-refractivity contribution in [2.75, 3.05) is 32.1 Å². The smallest absolute Gasteiger partial charge is 0.319 e. The molecule has 3 N–H and O–H groups in total. The summed E-state index contributed by atoms with van der Waals surface area (Å²) < 4.78 is 10.4. The molecule has 1 saturated heterocycles. The van der Waals surface area contributed by atoms with E-state index in [1.807, 2.05) is 18.2 Å². The first-order valence-corrected chi connectivity index (χ1v) is 9.00. The fourth-order valence-electron chi connectivity index (χ4n) is 3.22. The van der Waals surface area contributed by atoms with Crippen LogP contribution in [0.15, 0.2) is 30.5 Å². The average molecular weight is 372 g/mol. The molecule has 0 saturated carbocycles. The second-order valence-corrected chi connectivity index (χ2v) is 6.30. The number of nitrogens with one attached hydrogen (secondary N) is 3. The Bertz CT molecular complexity index is 826. The van der Waals surface area contributed by atoms with Crippen molar-refractivity contribution in [3.63, 3.8) is 0 Å². The van der Waals surface area contributed by atoms with E-state index in [-0.39, 0.29) is 18.0 Å². The Labute approximate surface area is 157 Å². The van der Waals surface area contributed by atoms with Crippen LogP contribution in [0.2, 0.25) is 0 Å². The van der Waals surface area contributed by atoms with Crippen molar-refractivity contribution in [1.82, 2.24) is 15.6 Å². The molecule has 2 atom stereocenters. The van der Waals surface area contributed by atoms with E-state index in [1.54, 1.807) is 26.3 Å². The van der Waals surface area contributed by atoms with Crippen molar-refractivity contribution < 1.29 is 19.1 Å². The number of carbonyl (C=O) groups excluding carboxylic acids is 2. The molecule has 8 nitrogen and oxygen atoms in total. The molecule has 1 fully saturated rings. The molecule has 1 aliphatic rings. The number of benzene rings is 1. The van der Waals surface area contributed by atoms with Crippen LogP contribution in [0.5, 0.6) is 5.75 Å². The minimum absolute atomic E-state index is 0.284. The van der Waals surface area contributed by atoms with Crippen LogP contribution in [-0.4, -0.2) is 49.8 Å². The van der Waals surface area contributed by atoms with Crippen molar-refractivity contribution in [2.24, 2.45) is 5.92 Å². The van der Waals surface area contributed by atoms with Crippen LogP contribution >= 0.6 is 0 Å². The molecule has 1 aromatic carbocycles. The number of hydrogen-bond acceptors (Lipinski definition) is 6. The highest BCUT2D eigenvalue weighted by Gasteiger charge is 2.33. The summed E-state index contributed by atoms with van der Waals surface area (Å²) in [7, 11) is 1.59. The summed E-state index contributed by atoms with van der Waals surface area (Å²) >= 11 is 0. The zero-order chi connectivity index (χ0) is 19.2. The molecule has 2 amide bonds. The van der Waals surface area contributed by atoms with Gasteiger partial charge in [-0.05, 0) is 44.2 Å². The zero-order valence-electron chi connectivity index (χ0n) is 15.5. The molecule has 1 aromatic heterocycles. The van der Waals surface area contributed by atoms with Gasteiger partial charge >= 0.3 is 12.0 Å². The topological polar surface area (TPSA) is 102 Å². The Hall–Kier alpha value is -2.87. The maximum Gasteiger partial charge on any atom is 0.319 e. The molecular formula is C19H24N4O4. The summed E-state index contributed by atoms with van der Waals surface area (Å²) in [5, 5.41) is 9.71. The number of esters is 1. The molecule has 3 rings (SSSR count). The van der Waals surface area contributed by atoms with Gasteiger partial charge in [-0.25, -0.2) is 4.79 Å². The molecule has 2 aromatic rings. The van der Waals surface area contributed by atoms with Gasteiger partial charge in [0.05, 0.1) is 30.8 Å². The van der Waals surface area contributed by atoms with E-state index < -0.39 is 5.92 Å². The van der Waals surface area contributed by atoms with Gasteiger partial charge in [0.2, 0.25) is 0 Å². The van der Waals surface area contributed by atoms with E-state index in [9.17, 15) is 9.59 Å².